The number of benzene rings is 2. The molecule has 31 heavy (non-hydrogen) atoms. The number of rotatable bonds is 8. The second kappa shape index (κ2) is 9.53. The first-order valence-electron chi connectivity index (χ1n) is 10.2. The van der Waals surface area contributed by atoms with Crippen LogP contribution in [0.1, 0.15) is 31.0 Å². The van der Waals surface area contributed by atoms with Gasteiger partial charge in [-0.25, -0.2) is 0 Å². The minimum absolute atomic E-state index is 0.00963. The van der Waals surface area contributed by atoms with Crippen LogP contribution in [0.25, 0.3) is 5.76 Å². The van der Waals surface area contributed by atoms with Crippen molar-refractivity contribution in [1.82, 2.24) is 9.80 Å². The summed E-state index contributed by atoms with van der Waals surface area (Å²) in [6.45, 7) is 6.48. The molecule has 0 aliphatic carbocycles. The van der Waals surface area contributed by atoms with Crippen molar-refractivity contribution in [3.63, 3.8) is 0 Å². The van der Waals surface area contributed by atoms with Crippen molar-refractivity contribution in [1.29, 1.82) is 0 Å². The highest BCUT2D eigenvalue weighted by atomic mass is 16.6. The van der Waals surface area contributed by atoms with Gasteiger partial charge < -0.3 is 14.9 Å². The molecule has 1 heterocycles. The molecule has 2 aromatic rings. The summed E-state index contributed by atoms with van der Waals surface area (Å²) in [7, 11) is 0. The third-order valence-corrected chi connectivity index (χ3v) is 5.56. The third-order valence-electron chi connectivity index (χ3n) is 5.56. The van der Waals surface area contributed by atoms with Gasteiger partial charge in [-0.15, -0.1) is 0 Å². The summed E-state index contributed by atoms with van der Waals surface area (Å²) in [4.78, 5) is 39.9. The highest BCUT2D eigenvalue weighted by Crippen LogP contribution is 2.39. The van der Waals surface area contributed by atoms with Gasteiger partial charge in [-0.2, -0.15) is 0 Å². The quantitative estimate of drug-likeness (QED) is 0.230. The normalized spacial score (nSPS) is 18.0. The fourth-order valence-corrected chi connectivity index (χ4v) is 3.78. The molecule has 0 radical (unpaired) electrons. The summed E-state index contributed by atoms with van der Waals surface area (Å²) in [6.07, 6.45) is 0. The van der Waals surface area contributed by atoms with Crippen molar-refractivity contribution in [2.75, 3.05) is 26.2 Å². The fourth-order valence-electron chi connectivity index (χ4n) is 3.78. The number of aliphatic hydroxyl groups excluding tert-OH is 1. The Morgan fingerprint density at radius 2 is 1.68 bits per heavy atom. The molecule has 1 fully saturated rings. The lowest BCUT2D eigenvalue weighted by Crippen LogP contribution is -2.38. The number of nitro groups is 1. The number of carbonyl (C=O) groups excluding carboxylic acids is 2. The average Bonchev–Trinajstić information content (AvgIpc) is 3.04. The van der Waals surface area contributed by atoms with Gasteiger partial charge in [0.25, 0.3) is 17.4 Å². The molecule has 0 saturated carbocycles. The molecule has 1 atom stereocenters. The molecular weight excluding hydrogens is 398 g/mol. The maximum atomic E-state index is 12.9. The van der Waals surface area contributed by atoms with E-state index < -0.39 is 22.7 Å². The van der Waals surface area contributed by atoms with Crippen molar-refractivity contribution in [2.45, 2.75) is 19.9 Å². The Morgan fingerprint density at radius 1 is 1.06 bits per heavy atom. The van der Waals surface area contributed by atoms with E-state index in [-0.39, 0.29) is 17.0 Å². The molecule has 0 unspecified atom stereocenters. The topological polar surface area (TPSA) is 104 Å². The van der Waals surface area contributed by atoms with E-state index in [0.29, 0.717) is 24.2 Å². The largest absolute Gasteiger partial charge is 0.507 e. The molecule has 1 aliphatic heterocycles. The molecule has 1 N–H and O–H groups in total. The van der Waals surface area contributed by atoms with E-state index in [0.717, 1.165) is 13.1 Å². The van der Waals surface area contributed by atoms with E-state index in [4.69, 9.17) is 0 Å². The van der Waals surface area contributed by atoms with Crippen molar-refractivity contribution in [2.24, 2.45) is 0 Å². The summed E-state index contributed by atoms with van der Waals surface area (Å²) in [5, 5.41) is 22.0. The zero-order chi connectivity index (χ0) is 22.5. The van der Waals surface area contributed by atoms with Gasteiger partial charge in [-0.1, -0.05) is 44.2 Å². The van der Waals surface area contributed by atoms with Crippen LogP contribution >= 0.6 is 0 Å². The zero-order valence-corrected chi connectivity index (χ0v) is 17.5. The SMILES string of the molecule is CCN(CC)CCN1C(=O)C(=O)/C(=C(\O)c2ccccc2)[C@H]1c1ccc([N+](=O)[O-])cc1. The lowest BCUT2D eigenvalue weighted by atomic mass is 9.95. The molecule has 0 aromatic heterocycles. The van der Waals surface area contributed by atoms with Crippen LogP contribution in [-0.4, -0.2) is 57.7 Å². The number of hydrogen-bond donors (Lipinski definition) is 1. The second-order valence-electron chi connectivity index (χ2n) is 7.23. The van der Waals surface area contributed by atoms with Gasteiger partial charge in [-0.05, 0) is 30.8 Å². The van der Waals surface area contributed by atoms with Gasteiger partial charge in [-0.3, -0.25) is 19.7 Å². The Morgan fingerprint density at radius 3 is 2.23 bits per heavy atom. The summed E-state index contributed by atoms with van der Waals surface area (Å²) in [5.74, 6) is -1.70. The third kappa shape index (κ3) is 4.49. The Bertz CT molecular complexity index is 998. The Kier molecular flexibility index (Phi) is 6.81. The monoisotopic (exact) mass is 423 g/mol. The number of likely N-dealkylation sites (tertiary alicyclic amines) is 1. The number of non-ortho nitro benzene ring substituents is 1. The van der Waals surface area contributed by atoms with Crippen LogP contribution in [0.3, 0.4) is 0 Å². The van der Waals surface area contributed by atoms with Gasteiger partial charge in [0, 0.05) is 30.8 Å². The van der Waals surface area contributed by atoms with Crippen molar-refractivity contribution in [3.05, 3.63) is 81.4 Å². The fraction of sp³-hybridized carbons (Fsp3) is 0.304. The number of hydrogen-bond acceptors (Lipinski definition) is 6. The van der Waals surface area contributed by atoms with Crippen LogP contribution in [0.2, 0.25) is 0 Å². The number of Topliss-reactive ketones (excluding diaryl/α,β-unsaturated/α-hetero) is 1. The van der Waals surface area contributed by atoms with Crippen LogP contribution in [0.4, 0.5) is 5.69 Å². The van der Waals surface area contributed by atoms with E-state index >= 15 is 0 Å². The first kappa shape index (κ1) is 22.2. The molecule has 1 aliphatic rings. The van der Waals surface area contributed by atoms with Crippen LogP contribution in [0.15, 0.2) is 60.2 Å². The number of nitrogens with zero attached hydrogens (tertiary/aromatic N) is 3. The Hall–Kier alpha value is -3.52. The number of likely N-dealkylation sites (N-methyl/N-ethyl adjacent to an activating group) is 1. The van der Waals surface area contributed by atoms with E-state index in [2.05, 4.69) is 4.90 Å². The van der Waals surface area contributed by atoms with Gasteiger partial charge >= 0.3 is 0 Å². The standard InChI is InChI=1S/C23H25N3O5/c1-3-24(4-2)14-15-25-20(16-10-12-18(13-11-16)26(30)31)19(22(28)23(25)29)21(27)17-8-6-5-7-9-17/h5-13,20,27H,3-4,14-15H2,1-2H3/b21-19-/t20-/m1/s1. The van der Waals surface area contributed by atoms with Crippen LogP contribution in [0, 0.1) is 10.1 Å². The molecular formula is C23H25N3O5. The first-order valence-corrected chi connectivity index (χ1v) is 10.2. The number of aliphatic hydroxyl groups is 1. The molecule has 8 nitrogen and oxygen atoms in total. The summed E-state index contributed by atoms with van der Waals surface area (Å²) >= 11 is 0. The van der Waals surface area contributed by atoms with Gasteiger partial charge in [0.15, 0.2) is 0 Å². The van der Waals surface area contributed by atoms with Crippen LogP contribution in [0.5, 0.6) is 0 Å². The number of carbonyl (C=O) groups is 2. The van der Waals surface area contributed by atoms with Crippen molar-refractivity contribution < 1.29 is 19.6 Å². The average molecular weight is 423 g/mol. The highest BCUT2D eigenvalue weighted by Gasteiger charge is 2.46. The Balaban J connectivity index is 2.09. The second-order valence-corrected chi connectivity index (χ2v) is 7.23. The highest BCUT2D eigenvalue weighted by molar-refractivity contribution is 6.46. The van der Waals surface area contributed by atoms with Gasteiger partial charge in [0.1, 0.15) is 5.76 Å². The number of ketones is 1. The summed E-state index contributed by atoms with van der Waals surface area (Å²) in [5.41, 5.74) is 0.856. The number of nitro benzene ring substituents is 1. The molecule has 162 valence electrons. The predicted octanol–water partition coefficient (Wildman–Crippen LogP) is 3.36. The van der Waals surface area contributed by atoms with Gasteiger partial charge in [0.2, 0.25) is 0 Å². The molecule has 1 amide bonds. The maximum absolute atomic E-state index is 12.9. The molecule has 1 saturated heterocycles. The van der Waals surface area contributed by atoms with E-state index in [1.807, 2.05) is 13.8 Å². The molecule has 0 bridgehead atoms. The number of amides is 1. The van der Waals surface area contributed by atoms with E-state index in [9.17, 15) is 24.8 Å². The lowest BCUT2D eigenvalue weighted by Gasteiger charge is -2.28. The van der Waals surface area contributed by atoms with Gasteiger partial charge in [0.05, 0.1) is 16.5 Å². The lowest BCUT2D eigenvalue weighted by molar-refractivity contribution is -0.384. The molecule has 8 heteroatoms. The van der Waals surface area contributed by atoms with E-state index in [1.165, 1.54) is 29.2 Å². The van der Waals surface area contributed by atoms with Crippen LogP contribution in [-0.2, 0) is 9.59 Å². The van der Waals surface area contributed by atoms with Crippen molar-refractivity contribution >= 4 is 23.1 Å². The first-order chi connectivity index (χ1) is 14.9. The molecule has 2 aromatic carbocycles. The predicted molar refractivity (Wildman–Crippen MR) is 116 cm³/mol. The molecule has 3 rings (SSSR count). The van der Waals surface area contributed by atoms with Crippen molar-refractivity contribution in [3.8, 4) is 0 Å². The molecule has 0 spiro atoms. The van der Waals surface area contributed by atoms with Crippen LogP contribution < -0.4 is 0 Å². The summed E-state index contributed by atoms with van der Waals surface area (Å²) in [6, 6.07) is 13.5. The smallest absolute Gasteiger partial charge is 0.295 e. The van der Waals surface area contributed by atoms with E-state index in [1.54, 1.807) is 30.3 Å². The minimum atomic E-state index is -0.823. The maximum Gasteiger partial charge on any atom is 0.295 e. The Labute approximate surface area is 180 Å². The zero-order valence-electron chi connectivity index (χ0n) is 17.5. The summed E-state index contributed by atoms with van der Waals surface area (Å²) < 4.78 is 0. The minimum Gasteiger partial charge on any atom is -0.507 e.